The van der Waals surface area contributed by atoms with E-state index in [1.54, 1.807) is 6.92 Å². The van der Waals surface area contributed by atoms with Crippen molar-refractivity contribution in [2.45, 2.75) is 27.2 Å². The van der Waals surface area contributed by atoms with Gasteiger partial charge in [-0.25, -0.2) is 9.78 Å². The van der Waals surface area contributed by atoms with Gasteiger partial charge in [-0.15, -0.1) is 11.3 Å². The summed E-state index contributed by atoms with van der Waals surface area (Å²) in [5.74, 6) is -0.347. The lowest BCUT2D eigenvalue weighted by molar-refractivity contribution is 0.0521. The van der Waals surface area contributed by atoms with Crippen LogP contribution in [0.25, 0.3) is 0 Å². The molecule has 1 heterocycles. The van der Waals surface area contributed by atoms with E-state index in [4.69, 9.17) is 4.74 Å². The van der Waals surface area contributed by atoms with E-state index in [0.717, 1.165) is 23.0 Å². The lowest BCUT2D eigenvalue weighted by Crippen LogP contribution is -2.09. The average molecular weight is 228 g/mol. The Balaban J connectivity index is 2.80. The van der Waals surface area contributed by atoms with E-state index in [9.17, 15) is 4.79 Å². The summed E-state index contributed by atoms with van der Waals surface area (Å²) in [6.45, 7) is 6.96. The molecule has 0 amide bonds. The monoisotopic (exact) mass is 228 g/mol. The van der Waals surface area contributed by atoms with E-state index in [0.29, 0.717) is 12.3 Å². The van der Waals surface area contributed by atoms with Crippen molar-refractivity contribution in [2.24, 2.45) is 0 Å². The number of rotatable bonds is 5. The van der Waals surface area contributed by atoms with Crippen molar-refractivity contribution in [1.82, 2.24) is 4.98 Å². The summed E-state index contributed by atoms with van der Waals surface area (Å²) in [6, 6.07) is 0. The summed E-state index contributed by atoms with van der Waals surface area (Å²) in [7, 11) is 0. The lowest BCUT2D eigenvalue weighted by Gasteiger charge is -2.03. The third-order valence-electron chi connectivity index (χ3n) is 1.74. The van der Waals surface area contributed by atoms with Gasteiger partial charge in [0.2, 0.25) is 0 Å². The van der Waals surface area contributed by atoms with Crippen molar-refractivity contribution >= 4 is 22.3 Å². The Bertz CT molecular complexity index is 336. The number of hydrogen-bond acceptors (Lipinski definition) is 5. The molecule has 0 atom stereocenters. The number of carbonyl (C=O) groups excluding carboxylic acids is 1. The van der Waals surface area contributed by atoms with Gasteiger partial charge in [-0.3, -0.25) is 0 Å². The second-order valence-corrected chi connectivity index (χ2v) is 4.26. The van der Waals surface area contributed by atoms with Crippen molar-refractivity contribution in [1.29, 1.82) is 0 Å². The second kappa shape index (κ2) is 5.70. The number of carbonyl (C=O) groups is 1. The van der Waals surface area contributed by atoms with Gasteiger partial charge in [0.15, 0.2) is 5.69 Å². The Hall–Kier alpha value is -1.10. The summed E-state index contributed by atoms with van der Waals surface area (Å²) in [6.07, 6.45) is 1.01. The summed E-state index contributed by atoms with van der Waals surface area (Å²) in [5.41, 5.74) is 0.410. The molecule has 0 bridgehead atoms. The first-order chi connectivity index (χ1) is 7.19. The van der Waals surface area contributed by atoms with Crippen LogP contribution in [-0.2, 0) is 4.74 Å². The van der Waals surface area contributed by atoms with Crippen LogP contribution >= 0.6 is 11.3 Å². The van der Waals surface area contributed by atoms with Gasteiger partial charge >= 0.3 is 5.97 Å². The molecule has 1 aromatic rings. The molecule has 0 saturated heterocycles. The number of hydrogen-bond donors (Lipinski definition) is 1. The quantitative estimate of drug-likeness (QED) is 0.786. The first kappa shape index (κ1) is 12.0. The largest absolute Gasteiger partial charge is 0.461 e. The van der Waals surface area contributed by atoms with E-state index >= 15 is 0 Å². The number of esters is 1. The maximum atomic E-state index is 11.5. The minimum atomic E-state index is -0.347. The van der Waals surface area contributed by atoms with Crippen LogP contribution in [0.4, 0.5) is 5.00 Å². The molecule has 0 aliphatic heterocycles. The Morgan fingerprint density at radius 3 is 2.87 bits per heavy atom. The number of thiazole rings is 1. The molecule has 84 valence electrons. The smallest absolute Gasteiger partial charge is 0.360 e. The molecule has 0 aliphatic rings. The maximum Gasteiger partial charge on any atom is 0.360 e. The van der Waals surface area contributed by atoms with Crippen LogP contribution in [-0.4, -0.2) is 24.1 Å². The van der Waals surface area contributed by atoms with Gasteiger partial charge in [-0.1, -0.05) is 6.92 Å². The Morgan fingerprint density at radius 2 is 2.27 bits per heavy atom. The van der Waals surface area contributed by atoms with E-state index in [1.165, 1.54) is 11.3 Å². The van der Waals surface area contributed by atoms with Gasteiger partial charge in [0.1, 0.15) is 5.00 Å². The van der Waals surface area contributed by atoms with Crippen LogP contribution in [0.15, 0.2) is 0 Å². The normalized spacial score (nSPS) is 10.1. The highest BCUT2D eigenvalue weighted by Gasteiger charge is 2.17. The molecule has 0 radical (unpaired) electrons. The maximum absolute atomic E-state index is 11.5. The summed E-state index contributed by atoms with van der Waals surface area (Å²) in [5, 5.41) is 4.86. The van der Waals surface area contributed by atoms with Gasteiger partial charge < -0.3 is 10.1 Å². The highest BCUT2D eigenvalue weighted by atomic mass is 32.1. The van der Waals surface area contributed by atoms with E-state index in [1.807, 2.05) is 6.92 Å². The third kappa shape index (κ3) is 3.20. The summed E-state index contributed by atoms with van der Waals surface area (Å²) in [4.78, 5) is 15.7. The predicted molar refractivity (Wildman–Crippen MR) is 61.6 cm³/mol. The highest BCUT2D eigenvalue weighted by Crippen LogP contribution is 2.24. The zero-order valence-corrected chi connectivity index (χ0v) is 10.1. The number of aromatic nitrogens is 1. The molecule has 1 N–H and O–H groups in total. The number of nitrogens with zero attached hydrogens (tertiary/aromatic N) is 1. The number of ether oxygens (including phenoxy) is 1. The number of nitrogens with one attached hydrogen (secondary N) is 1. The van der Waals surface area contributed by atoms with Crippen LogP contribution in [0.2, 0.25) is 0 Å². The van der Waals surface area contributed by atoms with Crippen LogP contribution in [0.5, 0.6) is 0 Å². The van der Waals surface area contributed by atoms with Crippen molar-refractivity contribution < 1.29 is 9.53 Å². The Labute approximate surface area is 93.7 Å². The van der Waals surface area contributed by atoms with Gasteiger partial charge in [-0.2, -0.15) is 0 Å². The minimum absolute atomic E-state index is 0.347. The second-order valence-electron chi connectivity index (χ2n) is 3.06. The molecule has 1 rings (SSSR count). The first-order valence-corrected chi connectivity index (χ1v) is 5.89. The van der Waals surface area contributed by atoms with Gasteiger partial charge in [-0.05, 0) is 20.3 Å². The van der Waals surface area contributed by atoms with Crippen molar-refractivity contribution in [2.75, 3.05) is 18.5 Å². The van der Waals surface area contributed by atoms with Gasteiger partial charge in [0.05, 0.1) is 11.6 Å². The SMILES string of the molecule is CCCNc1sc(C)nc1C(=O)OCC. The fraction of sp³-hybridized carbons (Fsp3) is 0.600. The summed E-state index contributed by atoms with van der Waals surface area (Å²) >= 11 is 1.49. The van der Waals surface area contributed by atoms with E-state index in [2.05, 4.69) is 17.2 Å². The standard InChI is InChI=1S/C10H16N2O2S/c1-4-6-11-9-8(10(13)14-5-2)12-7(3)15-9/h11H,4-6H2,1-3H3. The van der Waals surface area contributed by atoms with Gasteiger partial charge in [0, 0.05) is 6.54 Å². The van der Waals surface area contributed by atoms with E-state index < -0.39 is 0 Å². The fourth-order valence-electron chi connectivity index (χ4n) is 1.12. The predicted octanol–water partition coefficient (Wildman–Crippen LogP) is 2.45. The van der Waals surface area contributed by atoms with Crippen LogP contribution in [0.1, 0.15) is 35.8 Å². The van der Waals surface area contributed by atoms with Crippen LogP contribution in [0, 0.1) is 6.92 Å². The molecule has 4 nitrogen and oxygen atoms in total. The highest BCUT2D eigenvalue weighted by molar-refractivity contribution is 7.16. The number of aryl methyl sites for hydroxylation is 1. The topological polar surface area (TPSA) is 51.2 Å². The fourth-order valence-corrected chi connectivity index (χ4v) is 1.96. The molecule has 1 aromatic heterocycles. The molecule has 5 heteroatoms. The van der Waals surface area contributed by atoms with Gasteiger partial charge in [0.25, 0.3) is 0 Å². The first-order valence-electron chi connectivity index (χ1n) is 5.07. The molecule has 0 aromatic carbocycles. The molecule has 15 heavy (non-hydrogen) atoms. The number of anilines is 1. The van der Waals surface area contributed by atoms with Crippen LogP contribution in [0.3, 0.4) is 0 Å². The zero-order valence-electron chi connectivity index (χ0n) is 9.29. The molecule has 0 saturated carbocycles. The minimum Gasteiger partial charge on any atom is -0.461 e. The van der Waals surface area contributed by atoms with Crippen molar-refractivity contribution in [3.8, 4) is 0 Å². The molecule has 0 unspecified atom stereocenters. The van der Waals surface area contributed by atoms with Crippen LogP contribution < -0.4 is 5.32 Å². The third-order valence-corrected chi connectivity index (χ3v) is 2.67. The van der Waals surface area contributed by atoms with Crippen molar-refractivity contribution in [3.63, 3.8) is 0 Å². The lowest BCUT2D eigenvalue weighted by atomic mass is 10.4. The molecule has 0 spiro atoms. The molecular formula is C10H16N2O2S. The molecule has 0 fully saturated rings. The van der Waals surface area contributed by atoms with E-state index in [-0.39, 0.29) is 5.97 Å². The summed E-state index contributed by atoms with van der Waals surface area (Å²) < 4.78 is 4.93. The van der Waals surface area contributed by atoms with Crippen molar-refractivity contribution in [3.05, 3.63) is 10.7 Å². The molecule has 0 aliphatic carbocycles. The zero-order chi connectivity index (χ0) is 11.3. The Kier molecular flexibility index (Phi) is 4.55. The molecular weight excluding hydrogens is 212 g/mol. The Morgan fingerprint density at radius 1 is 1.53 bits per heavy atom. The average Bonchev–Trinajstić information content (AvgIpc) is 2.57.